The Morgan fingerprint density at radius 2 is 2.00 bits per heavy atom. The topological polar surface area (TPSA) is 87.0 Å². The first-order valence-corrected chi connectivity index (χ1v) is 5.16. The number of hydrogen-bond donors (Lipinski definition) is 3. The van der Waals surface area contributed by atoms with Crippen LogP contribution in [-0.2, 0) is 9.53 Å². The molecule has 1 heterocycles. The summed E-state index contributed by atoms with van der Waals surface area (Å²) in [4.78, 5) is 10.7. The largest absolute Gasteiger partial charge is 0.479 e. The van der Waals surface area contributed by atoms with Gasteiger partial charge in [0, 0.05) is 6.42 Å². The summed E-state index contributed by atoms with van der Waals surface area (Å²) in [6, 6.07) is 0. The molecule has 0 aromatic carbocycles. The fourth-order valence-electron chi connectivity index (χ4n) is 1.79. The smallest absolute Gasteiger partial charge is 0.335 e. The second-order valence-electron chi connectivity index (χ2n) is 4.43. The first-order chi connectivity index (χ1) is 6.91. The fraction of sp³-hybridized carbons (Fsp3) is 0.900. The highest BCUT2D eigenvalue weighted by Gasteiger charge is 2.40. The van der Waals surface area contributed by atoms with Crippen LogP contribution in [0.3, 0.4) is 0 Å². The maximum Gasteiger partial charge on any atom is 0.335 e. The molecule has 0 aromatic rings. The molecule has 0 amide bonds. The minimum Gasteiger partial charge on any atom is -0.479 e. The second-order valence-corrected chi connectivity index (χ2v) is 4.43. The Bertz CT molecular complexity index is 228. The Morgan fingerprint density at radius 3 is 2.47 bits per heavy atom. The summed E-state index contributed by atoms with van der Waals surface area (Å²) in [6.07, 6.45) is -2.95. The van der Waals surface area contributed by atoms with Crippen molar-refractivity contribution in [2.75, 3.05) is 0 Å². The van der Waals surface area contributed by atoms with Crippen molar-refractivity contribution in [3.8, 4) is 0 Å². The monoisotopic (exact) mass is 218 g/mol. The number of aliphatic carboxylic acids is 1. The van der Waals surface area contributed by atoms with Gasteiger partial charge in [-0.2, -0.15) is 0 Å². The molecule has 0 radical (unpaired) electrons. The molecule has 1 rings (SSSR count). The predicted molar refractivity (Wildman–Crippen MR) is 52.4 cm³/mol. The van der Waals surface area contributed by atoms with Crippen LogP contribution >= 0.6 is 0 Å². The molecule has 0 saturated carbocycles. The molecule has 3 N–H and O–H groups in total. The standard InChI is InChI=1S/C10H18O5/c1-5(2)3-8-6(11)4-7(12)9(15-8)10(13)14/h5-9,11-12H,3-4H2,1-2H3,(H,13,14)/t6-,7+,8+,9+/m1/s1. The lowest BCUT2D eigenvalue weighted by atomic mass is 9.93. The van der Waals surface area contributed by atoms with Crippen molar-refractivity contribution in [1.29, 1.82) is 0 Å². The van der Waals surface area contributed by atoms with Crippen LogP contribution in [-0.4, -0.2) is 45.7 Å². The summed E-state index contributed by atoms with van der Waals surface area (Å²) < 4.78 is 5.18. The van der Waals surface area contributed by atoms with Gasteiger partial charge < -0.3 is 20.1 Å². The van der Waals surface area contributed by atoms with E-state index < -0.39 is 30.4 Å². The normalized spacial score (nSPS) is 36.9. The van der Waals surface area contributed by atoms with Gasteiger partial charge in [-0.3, -0.25) is 0 Å². The molecule has 1 aliphatic heterocycles. The number of hydrogen-bond acceptors (Lipinski definition) is 4. The van der Waals surface area contributed by atoms with Crippen molar-refractivity contribution in [2.24, 2.45) is 5.92 Å². The number of carboxylic acids is 1. The molecule has 88 valence electrons. The molecule has 5 heteroatoms. The first-order valence-electron chi connectivity index (χ1n) is 5.16. The van der Waals surface area contributed by atoms with E-state index >= 15 is 0 Å². The Morgan fingerprint density at radius 1 is 1.40 bits per heavy atom. The van der Waals surface area contributed by atoms with E-state index in [1.165, 1.54) is 0 Å². The van der Waals surface area contributed by atoms with Crippen molar-refractivity contribution in [1.82, 2.24) is 0 Å². The highest BCUT2D eigenvalue weighted by atomic mass is 16.5. The van der Waals surface area contributed by atoms with E-state index in [1.807, 2.05) is 13.8 Å². The predicted octanol–water partition coefficient (Wildman–Crippen LogP) is -0.00360. The van der Waals surface area contributed by atoms with Crippen LogP contribution < -0.4 is 0 Å². The first kappa shape index (κ1) is 12.4. The second kappa shape index (κ2) is 4.92. The van der Waals surface area contributed by atoms with Crippen LogP contribution in [0.5, 0.6) is 0 Å². The van der Waals surface area contributed by atoms with Crippen LogP contribution in [0.2, 0.25) is 0 Å². The highest BCUT2D eigenvalue weighted by Crippen LogP contribution is 2.24. The van der Waals surface area contributed by atoms with E-state index in [0.717, 1.165) is 0 Å². The molecule has 1 saturated heterocycles. The van der Waals surface area contributed by atoms with E-state index in [2.05, 4.69) is 0 Å². The molecule has 4 atom stereocenters. The molecule has 0 unspecified atom stereocenters. The summed E-state index contributed by atoms with van der Waals surface area (Å²) in [6.45, 7) is 3.94. The van der Waals surface area contributed by atoms with E-state index in [9.17, 15) is 15.0 Å². The number of rotatable bonds is 3. The third-order valence-electron chi connectivity index (χ3n) is 2.53. The molecular weight excluding hydrogens is 200 g/mol. The number of aliphatic hydroxyl groups is 2. The van der Waals surface area contributed by atoms with E-state index in [4.69, 9.17) is 9.84 Å². The fourth-order valence-corrected chi connectivity index (χ4v) is 1.79. The maximum absolute atomic E-state index is 10.7. The molecular formula is C10H18O5. The van der Waals surface area contributed by atoms with Crippen molar-refractivity contribution in [3.63, 3.8) is 0 Å². The summed E-state index contributed by atoms with van der Waals surface area (Å²) in [7, 11) is 0. The van der Waals surface area contributed by atoms with Gasteiger partial charge >= 0.3 is 5.97 Å². The third-order valence-corrected chi connectivity index (χ3v) is 2.53. The van der Waals surface area contributed by atoms with Crippen molar-refractivity contribution in [2.45, 2.75) is 51.1 Å². The van der Waals surface area contributed by atoms with Crippen LogP contribution in [0.4, 0.5) is 0 Å². The number of ether oxygens (including phenoxy) is 1. The van der Waals surface area contributed by atoms with E-state index in [0.29, 0.717) is 12.3 Å². The van der Waals surface area contributed by atoms with Gasteiger partial charge in [0.15, 0.2) is 6.10 Å². The van der Waals surface area contributed by atoms with Gasteiger partial charge in [-0.25, -0.2) is 4.79 Å². The van der Waals surface area contributed by atoms with Crippen molar-refractivity contribution in [3.05, 3.63) is 0 Å². The lowest BCUT2D eigenvalue weighted by Gasteiger charge is -2.36. The van der Waals surface area contributed by atoms with Gasteiger partial charge in [-0.05, 0) is 12.3 Å². The number of carbonyl (C=O) groups is 1. The van der Waals surface area contributed by atoms with Gasteiger partial charge in [-0.15, -0.1) is 0 Å². The van der Waals surface area contributed by atoms with Crippen molar-refractivity contribution >= 4 is 5.97 Å². The highest BCUT2D eigenvalue weighted by molar-refractivity contribution is 5.73. The summed E-state index contributed by atoms with van der Waals surface area (Å²) in [5.74, 6) is -0.863. The van der Waals surface area contributed by atoms with E-state index in [1.54, 1.807) is 0 Å². The maximum atomic E-state index is 10.7. The minimum atomic E-state index is -1.21. The average Bonchev–Trinajstić information content (AvgIpc) is 2.08. The van der Waals surface area contributed by atoms with Gasteiger partial charge in [0.25, 0.3) is 0 Å². The molecule has 0 spiro atoms. The van der Waals surface area contributed by atoms with Gasteiger partial charge in [0.1, 0.15) is 0 Å². The number of aliphatic hydroxyl groups excluding tert-OH is 2. The summed E-state index contributed by atoms with van der Waals surface area (Å²) >= 11 is 0. The number of carboxylic acid groups (broad SMARTS) is 1. The quantitative estimate of drug-likeness (QED) is 0.620. The Kier molecular flexibility index (Phi) is 4.07. The lowest BCUT2D eigenvalue weighted by Crippen LogP contribution is -2.50. The van der Waals surface area contributed by atoms with Crippen LogP contribution in [0.1, 0.15) is 26.7 Å². The molecule has 5 nitrogen and oxygen atoms in total. The van der Waals surface area contributed by atoms with Gasteiger partial charge in [0.2, 0.25) is 0 Å². The van der Waals surface area contributed by atoms with Crippen molar-refractivity contribution < 1.29 is 24.9 Å². The van der Waals surface area contributed by atoms with Gasteiger partial charge in [0.05, 0.1) is 18.3 Å². The lowest BCUT2D eigenvalue weighted by molar-refractivity contribution is -0.194. The Labute approximate surface area is 88.7 Å². The molecule has 0 aliphatic carbocycles. The van der Waals surface area contributed by atoms with Crippen LogP contribution in [0, 0.1) is 5.92 Å². The molecule has 1 aliphatic rings. The molecule has 0 bridgehead atoms. The zero-order chi connectivity index (χ0) is 11.6. The Hall–Kier alpha value is -0.650. The van der Waals surface area contributed by atoms with E-state index in [-0.39, 0.29) is 6.42 Å². The minimum absolute atomic E-state index is 0.0638. The summed E-state index contributed by atoms with van der Waals surface area (Å²) in [5, 5.41) is 27.8. The average molecular weight is 218 g/mol. The molecule has 15 heavy (non-hydrogen) atoms. The molecule has 1 fully saturated rings. The SMILES string of the molecule is CC(C)C[C@@H]1O[C@H](C(=O)O)[C@@H](O)C[C@H]1O. The van der Waals surface area contributed by atoms with Gasteiger partial charge in [-0.1, -0.05) is 13.8 Å². The summed E-state index contributed by atoms with van der Waals surface area (Å²) in [5.41, 5.74) is 0. The zero-order valence-electron chi connectivity index (χ0n) is 8.96. The third kappa shape index (κ3) is 3.15. The Balaban J connectivity index is 2.62. The van der Waals surface area contributed by atoms with Crippen LogP contribution in [0.15, 0.2) is 0 Å². The molecule has 0 aromatic heterocycles. The van der Waals surface area contributed by atoms with Crippen LogP contribution in [0.25, 0.3) is 0 Å². The zero-order valence-corrected chi connectivity index (χ0v) is 8.96.